The van der Waals surface area contributed by atoms with Gasteiger partial charge in [-0.25, -0.2) is 0 Å². The van der Waals surface area contributed by atoms with E-state index in [0.717, 1.165) is 13.0 Å². The molecule has 2 nitrogen and oxygen atoms in total. The maximum Gasteiger partial charge on any atom is 0.0695 e. The molecule has 0 aliphatic heterocycles. The molecule has 1 N–H and O–H groups in total. The quantitative estimate of drug-likeness (QED) is 0.724. The Morgan fingerprint density at radius 1 is 1.38 bits per heavy atom. The van der Waals surface area contributed by atoms with E-state index in [1.807, 2.05) is 0 Å². The number of nitrogens with zero attached hydrogens (tertiary/aromatic N) is 1. The van der Waals surface area contributed by atoms with Gasteiger partial charge in [0, 0.05) is 12.1 Å². The molecule has 78 valence electrons. The molecule has 3 atom stereocenters. The lowest BCUT2D eigenvalue weighted by Crippen LogP contribution is -2.45. The third-order valence-electron chi connectivity index (χ3n) is 3.39. The highest BCUT2D eigenvalue weighted by Gasteiger charge is 2.31. The third kappa shape index (κ3) is 2.44. The highest BCUT2D eigenvalue weighted by Crippen LogP contribution is 2.26. The van der Waals surface area contributed by atoms with Crippen LogP contribution < -0.4 is 0 Å². The number of rotatable bonds is 4. The average molecular weight is 185 g/mol. The maximum absolute atomic E-state index is 9.79. The van der Waals surface area contributed by atoms with E-state index >= 15 is 0 Å². The van der Waals surface area contributed by atoms with Gasteiger partial charge in [-0.15, -0.1) is 0 Å². The van der Waals surface area contributed by atoms with Gasteiger partial charge in [-0.05, 0) is 39.2 Å². The fourth-order valence-electron chi connectivity index (χ4n) is 2.42. The molecule has 0 spiro atoms. The van der Waals surface area contributed by atoms with E-state index in [9.17, 15) is 5.11 Å². The van der Waals surface area contributed by atoms with E-state index in [4.69, 9.17) is 0 Å². The van der Waals surface area contributed by atoms with Crippen LogP contribution in [-0.4, -0.2) is 34.7 Å². The first-order chi connectivity index (χ1) is 6.20. The van der Waals surface area contributed by atoms with Crippen LogP contribution in [-0.2, 0) is 0 Å². The van der Waals surface area contributed by atoms with Gasteiger partial charge in [0.2, 0.25) is 0 Å². The van der Waals surface area contributed by atoms with Crippen molar-refractivity contribution in [2.45, 2.75) is 64.6 Å². The van der Waals surface area contributed by atoms with E-state index in [0.29, 0.717) is 12.1 Å². The Bertz CT molecular complexity index is 149. The number of aliphatic hydroxyl groups excluding tert-OH is 1. The summed E-state index contributed by atoms with van der Waals surface area (Å²) in [5.41, 5.74) is 0. The highest BCUT2D eigenvalue weighted by atomic mass is 16.3. The fraction of sp³-hybridized carbons (Fsp3) is 1.00. The van der Waals surface area contributed by atoms with Crippen LogP contribution >= 0.6 is 0 Å². The minimum absolute atomic E-state index is 0.0750. The third-order valence-corrected chi connectivity index (χ3v) is 3.39. The Morgan fingerprint density at radius 3 is 2.46 bits per heavy atom. The monoisotopic (exact) mass is 185 g/mol. The molecule has 0 aromatic carbocycles. The van der Waals surface area contributed by atoms with Crippen LogP contribution in [0.4, 0.5) is 0 Å². The van der Waals surface area contributed by atoms with Gasteiger partial charge < -0.3 is 5.11 Å². The first kappa shape index (κ1) is 11.0. The van der Waals surface area contributed by atoms with E-state index < -0.39 is 0 Å². The van der Waals surface area contributed by atoms with Gasteiger partial charge >= 0.3 is 0 Å². The standard InChI is InChI=1S/C11H23NO/c1-4-9(3)12(5-2)10-7-6-8-11(10)13/h9-11,13H,4-8H2,1-3H3/t9?,10-,11-/m1/s1. The summed E-state index contributed by atoms with van der Waals surface area (Å²) in [6.45, 7) is 7.73. The van der Waals surface area contributed by atoms with Crippen molar-refractivity contribution in [2.75, 3.05) is 6.54 Å². The van der Waals surface area contributed by atoms with Crippen LogP contribution in [0.5, 0.6) is 0 Å². The van der Waals surface area contributed by atoms with Crippen molar-refractivity contribution >= 4 is 0 Å². The second-order valence-electron chi connectivity index (χ2n) is 4.15. The molecule has 1 aliphatic rings. The van der Waals surface area contributed by atoms with E-state index in [1.165, 1.54) is 19.3 Å². The number of aliphatic hydroxyl groups is 1. The summed E-state index contributed by atoms with van der Waals surface area (Å²) in [6.07, 6.45) is 4.47. The molecule has 2 heteroatoms. The molecule has 13 heavy (non-hydrogen) atoms. The zero-order valence-electron chi connectivity index (χ0n) is 9.16. The van der Waals surface area contributed by atoms with Gasteiger partial charge in [0.15, 0.2) is 0 Å². The smallest absolute Gasteiger partial charge is 0.0695 e. The summed E-state index contributed by atoms with van der Waals surface area (Å²) in [4.78, 5) is 2.46. The molecule has 0 saturated heterocycles. The first-order valence-electron chi connectivity index (χ1n) is 5.64. The molecule has 0 aromatic rings. The minimum Gasteiger partial charge on any atom is -0.391 e. The molecule has 0 radical (unpaired) electrons. The number of hydrogen-bond donors (Lipinski definition) is 1. The average Bonchev–Trinajstić information content (AvgIpc) is 2.53. The van der Waals surface area contributed by atoms with Gasteiger partial charge in [0.25, 0.3) is 0 Å². The normalized spacial score (nSPS) is 31.2. The summed E-state index contributed by atoms with van der Waals surface area (Å²) in [5.74, 6) is 0. The van der Waals surface area contributed by atoms with Crippen molar-refractivity contribution in [3.05, 3.63) is 0 Å². The SMILES string of the molecule is CCC(C)N(CC)[C@@H]1CCC[C@H]1O. The lowest BCUT2D eigenvalue weighted by Gasteiger charge is -2.34. The molecule has 1 unspecified atom stereocenters. The molecule has 0 aromatic heterocycles. The predicted octanol–water partition coefficient (Wildman–Crippen LogP) is 2.02. The summed E-state index contributed by atoms with van der Waals surface area (Å²) < 4.78 is 0. The Morgan fingerprint density at radius 2 is 2.08 bits per heavy atom. The van der Waals surface area contributed by atoms with Crippen molar-refractivity contribution in [1.82, 2.24) is 4.90 Å². The Hall–Kier alpha value is -0.0800. The van der Waals surface area contributed by atoms with Crippen LogP contribution in [0.2, 0.25) is 0 Å². The van der Waals surface area contributed by atoms with Gasteiger partial charge in [0.1, 0.15) is 0 Å². The van der Waals surface area contributed by atoms with E-state index in [-0.39, 0.29) is 6.10 Å². The highest BCUT2D eigenvalue weighted by molar-refractivity contribution is 4.86. The maximum atomic E-state index is 9.79. The summed E-state index contributed by atoms with van der Waals surface area (Å²) in [5, 5.41) is 9.79. The largest absolute Gasteiger partial charge is 0.391 e. The van der Waals surface area contributed by atoms with Crippen molar-refractivity contribution in [3.8, 4) is 0 Å². The van der Waals surface area contributed by atoms with Gasteiger partial charge in [0.05, 0.1) is 6.10 Å². The fourth-order valence-corrected chi connectivity index (χ4v) is 2.42. The summed E-state index contributed by atoms with van der Waals surface area (Å²) in [6, 6.07) is 1.04. The van der Waals surface area contributed by atoms with Crippen molar-refractivity contribution in [2.24, 2.45) is 0 Å². The molecule has 1 aliphatic carbocycles. The molecule has 1 saturated carbocycles. The Labute approximate surface area is 81.9 Å². The van der Waals surface area contributed by atoms with Crippen LogP contribution in [0, 0.1) is 0 Å². The lowest BCUT2D eigenvalue weighted by atomic mass is 10.1. The van der Waals surface area contributed by atoms with E-state index in [2.05, 4.69) is 25.7 Å². The molecule has 0 bridgehead atoms. The van der Waals surface area contributed by atoms with Crippen LogP contribution in [0.3, 0.4) is 0 Å². The molecular formula is C11H23NO. The Balaban J connectivity index is 2.54. The molecule has 0 amide bonds. The van der Waals surface area contributed by atoms with E-state index in [1.54, 1.807) is 0 Å². The zero-order valence-corrected chi connectivity index (χ0v) is 9.16. The van der Waals surface area contributed by atoms with Crippen LogP contribution in [0.25, 0.3) is 0 Å². The van der Waals surface area contributed by atoms with Gasteiger partial charge in [-0.3, -0.25) is 4.90 Å². The molecule has 0 heterocycles. The van der Waals surface area contributed by atoms with Crippen LogP contribution in [0.1, 0.15) is 46.5 Å². The second-order valence-corrected chi connectivity index (χ2v) is 4.15. The van der Waals surface area contributed by atoms with Crippen molar-refractivity contribution in [1.29, 1.82) is 0 Å². The summed E-state index contributed by atoms with van der Waals surface area (Å²) in [7, 11) is 0. The minimum atomic E-state index is -0.0750. The van der Waals surface area contributed by atoms with Crippen LogP contribution in [0.15, 0.2) is 0 Å². The van der Waals surface area contributed by atoms with Gasteiger partial charge in [-0.2, -0.15) is 0 Å². The van der Waals surface area contributed by atoms with Gasteiger partial charge in [-0.1, -0.05) is 13.8 Å². The molecule has 1 rings (SSSR count). The molecular weight excluding hydrogens is 162 g/mol. The Kier molecular flexibility index (Phi) is 4.20. The lowest BCUT2D eigenvalue weighted by molar-refractivity contribution is 0.0500. The van der Waals surface area contributed by atoms with Crippen molar-refractivity contribution in [3.63, 3.8) is 0 Å². The predicted molar refractivity (Wildman–Crippen MR) is 55.8 cm³/mol. The molecule has 1 fully saturated rings. The number of hydrogen-bond acceptors (Lipinski definition) is 2. The van der Waals surface area contributed by atoms with Crippen molar-refractivity contribution < 1.29 is 5.11 Å². The second kappa shape index (κ2) is 4.97. The zero-order chi connectivity index (χ0) is 9.84. The topological polar surface area (TPSA) is 23.5 Å². The summed E-state index contributed by atoms with van der Waals surface area (Å²) >= 11 is 0. The first-order valence-corrected chi connectivity index (χ1v) is 5.64. The number of likely N-dealkylation sites (N-methyl/N-ethyl adjacent to an activating group) is 1.